The molecule has 0 amide bonds. The maximum absolute atomic E-state index is 10.2. The number of nitriles is 1. The maximum Gasteiger partial charge on any atom is 0.0991 e. The fourth-order valence-electron chi connectivity index (χ4n) is 2.24. The first-order valence-corrected chi connectivity index (χ1v) is 6.64. The maximum atomic E-state index is 10.2. The minimum atomic E-state index is -0.549. The van der Waals surface area contributed by atoms with Gasteiger partial charge in [0.25, 0.3) is 0 Å². The zero-order valence-corrected chi connectivity index (χ0v) is 11.2. The second-order valence-corrected chi connectivity index (χ2v) is 5.30. The zero-order valence-electron chi connectivity index (χ0n) is 11.2. The molecule has 102 valence electrons. The first kappa shape index (κ1) is 14.0. The van der Waals surface area contributed by atoms with Crippen molar-refractivity contribution in [3.63, 3.8) is 0 Å². The third kappa shape index (κ3) is 3.77. The fraction of sp³-hybridized carbons (Fsp3) is 0.533. The van der Waals surface area contributed by atoms with Crippen LogP contribution in [0.4, 0.5) is 0 Å². The molecule has 2 N–H and O–H groups in total. The van der Waals surface area contributed by atoms with Gasteiger partial charge in [-0.3, -0.25) is 0 Å². The Hall–Kier alpha value is -1.41. The van der Waals surface area contributed by atoms with Gasteiger partial charge in [-0.1, -0.05) is 12.1 Å². The molecule has 1 saturated heterocycles. The Kier molecular flexibility index (Phi) is 4.54. The number of hydrogen-bond acceptors (Lipinski definition) is 4. The summed E-state index contributed by atoms with van der Waals surface area (Å²) in [6.45, 7) is 4.23. The number of nitrogens with zero attached hydrogens (tertiary/aromatic N) is 1. The van der Waals surface area contributed by atoms with Crippen LogP contribution < -0.4 is 5.32 Å². The first-order valence-electron chi connectivity index (χ1n) is 6.64. The van der Waals surface area contributed by atoms with E-state index in [1.54, 1.807) is 24.3 Å². The smallest absolute Gasteiger partial charge is 0.0991 e. The molecule has 1 aliphatic heterocycles. The van der Waals surface area contributed by atoms with Gasteiger partial charge < -0.3 is 15.2 Å². The van der Waals surface area contributed by atoms with Gasteiger partial charge in [-0.2, -0.15) is 5.26 Å². The second-order valence-electron chi connectivity index (χ2n) is 5.30. The van der Waals surface area contributed by atoms with E-state index in [0.717, 1.165) is 31.6 Å². The number of nitrogens with one attached hydrogen (secondary N) is 1. The summed E-state index contributed by atoms with van der Waals surface area (Å²) in [6, 6.07) is 9.14. The number of aliphatic hydroxyl groups excluding tert-OH is 1. The highest BCUT2D eigenvalue weighted by Crippen LogP contribution is 2.21. The molecule has 4 heteroatoms. The van der Waals surface area contributed by atoms with Crippen molar-refractivity contribution in [1.29, 1.82) is 5.26 Å². The van der Waals surface area contributed by atoms with E-state index in [2.05, 4.69) is 18.3 Å². The van der Waals surface area contributed by atoms with Gasteiger partial charge in [-0.25, -0.2) is 0 Å². The van der Waals surface area contributed by atoms with Crippen LogP contribution in [0, 0.1) is 11.3 Å². The number of hydrogen-bond donors (Lipinski definition) is 2. The van der Waals surface area contributed by atoms with E-state index >= 15 is 0 Å². The van der Waals surface area contributed by atoms with Gasteiger partial charge in [-0.05, 0) is 37.5 Å². The van der Waals surface area contributed by atoms with Gasteiger partial charge in [-0.15, -0.1) is 0 Å². The quantitative estimate of drug-likeness (QED) is 0.865. The summed E-state index contributed by atoms with van der Waals surface area (Å²) in [6.07, 6.45) is 1.38. The van der Waals surface area contributed by atoms with Crippen LogP contribution in [0.3, 0.4) is 0 Å². The van der Waals surface area contributed by atoms with Crippen molar-refractivity contribution < 1.29 is 9.84 Å². The highest BCUT2D eigenvalue weighted by Gasteiger charge is 2.27. The minimum absolute atomic E-state index is 0.0474. The molecule has 1 heterocycles. The van der Waals surface area contributed by atoms with Crippen LogP contribution in [0.2, 0.25) is 0 Å². The van der Waals surface area contributed by atoms with Gasteiger partial charge in [0.2, 0.25) is 0 Å². The van der Waals surface area contributed by atoms with Gasteiger partial charge in [0.1, 0.15) is 0 Å². The predicted molar refractivity (Wildman–Crippen MR) is 72.6 cm³/mol. The topological polar surface area (TPSA) is 65.3 Å². The first-order chi connectivity index (χ1) is 9.13. The van der Waals surface area contributed by atoms with Crippen molar-refractivity contribution in [3.8, 4) is 6.07 Å². The molecule has 0 radical (unpaired) electrons. The number of aliphatic hydroxyl groups is 1. The molecule has 1 unspecified atom stereocenters. The molecular weight excluding hydrogens is 240 g/mol. The highest BCUT2D eigenvalue weighted by atomic mass is 16.5. The van der Waals surface area contributed by atoms with E-state index in [0.29, 0.717) is 12.1 Å². The molecule has 4 nitrogen and oxygen atoms in total. The minimum Gasteiger partial charge on any atom is -0.387 e. The SMILES string of the molecule is CC1(NCC(O)c2ccc(C#N)cc2)CCOCC1. The largest absolute Gasteiger partial charge is 0.387 e. The summed E-state index contributed by atoms with van der Waals surface area (Å²) in [5.41, 5.74) is 1.49. The molecule has 0 spiro atoms. The van der Waals surface area contributed by atoms with Crippen molar-refractivity contribution in [2.24, 2.45) is 0 Å². The molecule has 0 saturated carbocycles. The number of rotatable bonds is 4. The van der Waals surface area contributed by atoms with E-state index in [9.17, 15) is 5.11 Å². The van der Waals surface area contributed by atoms with Crippen LogP contribution in [-0.4, -0.2) is 30.4 Å². The van der Waals surface area contributed by atoms with Gasteiger partial charge in [0.15, 0.2) is 0 Å². The molecule has 1 aromatic rings. The lowest BCUT2D eigenvalue weighted by atomic mass is 9.92. The van der Waals surface area contributed by atoms with Crippen molar-refractivity contribution in [2.45, 2.75) is 31.4 Å². The molecule has 1 aromatic carbocycles. The Morgan fingerprint density at radius 1 is 1.37 bits per heavy atom. The van der Waals surface area contributed by atoms with Crippen LogP contribution in [-0.2, 0) is 4.74 Å². The van der Waals surface area contributed by atoms with E-state index in [1.807, 2.05) is 0 Å². The summed E-state index contributed by atoms with van der Waals surface area (Å²) >= 11 is 0. The van der Waals surface area contributed by atoms with E-state index < -0.39 is 6.10 Å². The molecule has 2 rings (SSSR count). The lowest BCUT2D eigenvalue weighted by molar-refractivity contribution is 0.0388. The van der Waals surface area contributed by atoms with Crippen molar-refractivity contribution in [2.75, 3.05) is 19.8 Å². The molecule has 1 fully saturated rings. The monoisotopic (exact) mass is 260 g/mol. The molecule has 0 aliphatic carbocycles. The van der Waals surface area contributed by atoms with Crippen molar-refractivity contribution in [1.82, 2.24) is 5.32 Å². The van der Waals surface area contributed by atoms with Crippen molar-refractivity contribution in [3.05, 3.63) is 35.4 Å². The summed E-state index contributed by atoms with van der Waals surface area (Å²) < 4.78 is 5.35. The molecule has 0 aromatic heterocycles. The number of benzene rings is 1. The van der Waals surface area contributed by atoms with Crippen molar-refractivity contribution >= 4 is 0 Å². The van der Waals surface area contributed by atoms with Crippen LogP contribution in [0.5, 0.6) is 0 Å². The zero-order chi connectivity index (χ0) is 13.7. The number of ether oxygens (including phenoxy) is 1. The third-order valence-corrected chi connectivity index (χ3v) is 3.74. The van der Waals surface area contributed by atoms with E-state index in [1.165, 1.54) is 0 Å². The van der Waals surface area contributed by atoms with Crippen LogP contribution in [0.1, 0.15) is 37.0 Å². The summed E-state index contributed by atoms with van der Waals surface area (Å²) in [5.74, 6) is 0. The average molecular weight is 260 g/mol. The molecular formula is C15H20N2O2. The summed E-state index contributed by atoms with van der Waals surface area (Å²) in [7, 11) is 0. The van der Waals surface area contributed by atoms with Gasteiger partial charge in [0.05, 0.1) is 17.7 Å². The Morgan fingerprint density at radius 3 is 2.58 bits per heavy atom. The lowest BCUT2D eigenvalue weighted by Crippen LogP contribution is -2.48. The Labute approximate surface area is 114 Å². The Bertz CT molecular complexity index is 444. The molecule has 0 bridgehead atoms. The number of β-amino-alcohol motifs (C(OH)–C–C–N with tert-alkyl or cyclic N) is 1. The van der Waals surface area contributed by atoms with Crippen LogP contribution >= 0.6 is 0 Å². The van der Waals surface area contributed by atoms with Crippen LogP contribution in [0.25, 0.3) is 0 Å². The fourth-order valence-corrected chi connectivity index (χ4v) is 2.24. The summed E-state index contributed by atoms with van der Waals surface area (Å²) in [4.78, 5) is 0. The van der Waals surface area contributed by atoms with Gasteiger partial charge in [0, 0.05) is 25.3 Å². The van der Waals surface area contributed by atoms with Crippen LogP contribution in [0.15, 0.2) is 24.3 Å². The predicted octanol–water partition coefficient (Wildman–Crippen LogP) is 1.75. The molecule has 19 heavy (non-hydrogen) atoms. The average Bonchev–Trinajstić information content (AvgIpc) is 2.46. The third-order valence-electron chi connectivity index (χ3n) is 3.74. The normalized spacial score (nSPS) is 19.6. The standard InChI is InChI=1S/C15H20N2O2/c1-15(6-8-19-9-7-15)17-11-14(18)13-4-2-12(10-16)3-5-13/h2-5,14,17-18H,6-9,11H2,1H3. The second kappa shape index (κ2) is 6.16. The molecule has 1 atom stereocenters. The van der Waals surface area contributed by atoms with Gasteiger partial charge >= 0.3 is 0 Å². The van der Waals surface area contributed by atoms with E-state index in [-0.39, 0.29) is 5.54 Å². The summed E-state index contributed by atoms with van der Waals surface area (Å²) in [5, 5.41) is 22.3. The van der Waals surface area contributed by atoms with E-state index in [4.69, 9.17) is 10.00 Å². The Balaban J connectivity index is 1.89. The highest BCUT2D eigenvalue weighted by molar-refractivity contribution is 5.32. The molecule has 1 aliphatic rings. The lowest BCUT2D eigenvalue weighted by Gasteiger charge is -2.35. The Morgan fingerprint density at radius 2 is 2.00 bits per heavy atom.